The third-order valence-corrected chi connectivity index (χ3v) is 4.39. The number of amides is 3. The lowest BCUT2D eigenvalue weighted by Crippen LogP contribution is -2.48. The van der Waals surface area contributed by atoms with E-state index in [2.05, 4.69) is 5.32 Å². The molecule has 1 fully saturated rings. The van der Waals surface area contributed by atoms with E-state index in [4.69, 9.17) is 9.47 Å². The van der Waals surface area contributed by atoms with Crippen molar-refractivity contribution in [1.29, 1.82) is 0 Å². The average molecular weight is 363 g/mol. The standard InChI is InChI=1S/C19H29N3O4/c1-21(2)19(24)22-10-4-5-16(14-22)18(23)20-13-15-6-8-17(9-7-15)26-12-11-25-3/h6-9,16H,4-5,10-14H2,1-3H3,(H,20,23)/t16-/m1/s1. The summed E-state index contributed by atoms with van der Waals surface area (Å²) in [7, 11) is 5.10. The maximum absolute atomic E-state index is 12.4. The molecule has 144 valence electrons. The van der Waals surface area contributed by atoms with Gasteiger partial charge in [-0.25, -0.2) is 4.79 Å². The van der Waals surface area contributed by atoms with Gasteiger partial charge in [-0.15, -0.1) is 0 Å². The second-order valence-electron chi connectivity index (χ2n) is 6.67. The van der Waals surface area contributed by atoms with E-state index in [9.17, 15) is 9.59 Å². The third kappa shape index (κ3) is 5.91. The van der Waals surface area contributed by atoms with Crippen molar-refractivity contribution in [2.45, 2.75) is 19.4 Å². The first-order valence-electron chi connectivity index (χ1n) is 8.96. The van der Waals surface area contributed by atoms with Crippen molar-refractivity contribution in [3.8, 4) is 5.75 Å². The van der Waals surface area contributed by atoms with Crippen LogP contribution in [0.25, 0.3) is 0 Å². The Morgan fingerprint density at radius 2 is 1.96 bits per heavy atom. The van der Waals surface area contributed by atoms with Gasteiger partial charge >= 0.3 is 6.03 Å². The van der Waals surface area contributed by atoms with E-state index in [0.717, 1.165) is 24.2 Å². The number of piperidine rings is 1. The molecule has 0 spiro atoms. The summed E-state index contributed by atoms with van der Waals surface area (Å²) in [5.41, 5.74) is 1.01. The van der Waals surface area contributed by atoms with E-state index >= 15 is 0 Å². The first kappa shape index (κ1) is 20.0. The number of hydrogen-bond donors (Lipinski definition) is 1. The summed E-state index contributed by atoms with van der Waals surface area (Å²) in [5, 5.41) is 2.98. The normalized spacial score (nSPS) is 16.9. The minimum atomic E-state index is -0.149. The summed E-state index contributed by atoms with van der Waals surface area (Å²) in [6, 6.07) is 7.60. The van der Waals surface area contributed by atoms with Gasteiger partial charge in [0.2, 0.25) is 5.91 Å². The number of hydrogen-bond acceptors (Lipinski definition) is 4. The molecule has 3 amide bonds. The Morgan fingerprint density at radius 1 is 1.23 bits per heavy atom. The topological polar surface area (TPSA) is 71.1 Å². The van der Waals surface area contributed by atoms with Crippen molar-refractivity contribution in [1.82, 2.24) is 15.1 Å². The Labute approximate surface area is 155 Å². The number of carbonyl (C=O) groups excluding carboxylic acids is 2. The number of nitrogens with zero attached hydrogens (tertiary/aromatic N) is 2. The summed E-state index contributed by atoms with van der Waals surface area (Å²) in [6.07, 6.45) is 1.67. The monoisotopic (exact) mass is 363 g/mol. The molecule has 0 unspecified atom stereocenters. The molecule has 1 saturated heterocycles. The molecule has 7 heteroatoms. The number of methoxy groups -OCH3 is 1. The molecule has 0 saturated carbocycles. The number of likely N-dealkylation sites (tertiary alicyclic amines) is 1. The molecule has 1 atom stereocenters. The maximum atomic E-state index is 12.4. The Balaban J connectivity index is 1.79. The largest absolute Gasteiger partial charge is 0.491 e. The quantitative estimate of drug-likeness (QED) is 0.749. The lowest BCUT2D eigenvalue weighted by molar-refractivity contribution is -0.126. The molecule has 1 N–H and O–H groups in total. The lowest BCUT2D eigenvalue weighted by Gasteiger charge is -2.33. The molecule has 0 aromatic heterocycles. The molecule has 1 aliphatic rings. The molecule has 7 nitrogen and oxygen atoms in total. The highest BCUT2D eigenvalue weighted by Crippen LogP contribution is 2.18. The molecule has 0 bridgehead atoms. The number of carbonyl (C=O) groups is 2. The number of urea groups is 1. The van der Waals surface area contributed by atoms with Crippen LogP contribution in [0.15, 0.2) is 24.3 Å². The second kappa shape index (κ2) is 10.0. The summed E-state index contributed by atoms with van der Waals surface area (Å²) in [4.78, 5) is 27.8. The molecular weight excluding hydrogens is 334 g/mol. The number of ether oxygens (including phenoxy) is 2. The summed E-state index contributed by atoms with van der Waals surface area (Å²) in [6.45, 7) is 2.72. The van der Waals surface area contributed by atoms with Crippen molar-refractivity contribution in [3.63, 3.8) is 0 Å². The molecule has 1 aliphatic heterocycles. The molecule has 1 aromatic rings. The van der Waals surface area contributed by atoms with Crippen LogP contribution >= 0.6 is 0 Å². The maximum Gasteiger partial charge on any atom is 0.319 e. The van der Waals surface area contributed by atoms with Gasteiger partial charge in [-0.3, -0.25) is 4.79 Å². The van der Waals surface area contributed by atoms with Crippen molar-refractivity contribution >= 4 is 11.9 Å². The fraction of sp³-hybridized carbons (Fsp3) is 0.579. The zero-order chi connectivity index (χ0) is 18.9. The molecular formula is C19H29N3O4. The molecule has 0 radical (unpaired) electrons. The molecule has 1 aromatic carbocycles. The van der Waals surface area contributed by atoms with Gasteiger partial charge in [-0.1, -0.05) is 12.1 Å². The molecule has 0 aliphatic carbocycles. The predicted octanol–water partition coefficient (Wildman–Crippen LogP) is 1.72. The highest BCUT2D eigenvalue weighted by molar-refractivity contribution is 5.80. The summed E-state index contributed by atoms with van der Waals surface area (Å²) in [5.74, 6) is 0.633. The van der Waals surface area contributed by atoms with E-state index in [-0.39, 0.29) is 17.9 Å². The van der Waals surface area contributed by atoms with Gasteiger partial charge in [0.1, 0.15) is 12.4 Å². The Hall–Kier alpha value is -2.28. The highest BCUT2D eigenvalue weighted by atomic mass is 16.5. The van der Waals surface area contributed by atoms with Crippen LogP contribution in [0.1, 0.15) is 18.4 Å². The smallest absolute Gasteiger partial charge is 0.319 e. The minimum Gasteiger partial charge on any atom is -0.491 e. The Bertz CT molecular complexity index is 589. The zero-order valence-corrected chi connectivity index (χ0v) is 15.9. The van der Waals surface area contributed by atoms with Gasteiger partial charge in [0.25, 0.3) is 0 Å². The van der Waals surface area contributed by atoms with Crippen molar-refractivity contribution in [3.05, 3.63) is 29.8 Å². The van der Waals surface area contributed by atoms with Crippen LogP contribution in [0.3, 0.4) is 0 Å². The van der Waals surface area contributed by atoms with Crippen LogP contribution in [0, 0.1) is 5.92 Å². The second-order valence-corrected chi connectivity index (χ2v) is 6.67. The summed E-state index contributed by atoms with van der Waals surface area (Å²) < 4.78 is 10.5. The van der Waals surface area contributed by atoms with Gasteiger partial charge < -0.3 is 24.6 Å². The SMILES string of the molecule is COCCOc1ccc(CNC(=O)[C@@H]2CCCN(C(=O)N(C)C)C2)cc1. The van der Waals surface area contributed by atoms with Gasteiger partial charge in [0.05, 0.1) is 12.5 Å². The van der Waals surface area contributed by atoms with E-state index in [0.29, 0.717) is 32.8 Å². The Morgan fingerprint density at radius 3 is 2.62 bits per heavy atom. The fourth-order valence-corrected chi connectivity index (χ4v) is 2.93. The van der Waals surface area contributed by atoms with Crippen LogP contribution in [0.4, 0.5) is 4.79 Å². The third-order valence-electron chi connectivity index (χ3n) is 4.39. The number of nitrogens with one attached hydrogen (secondary N) is 1. The molecule has 2 rings (SSSR count). The average Bonchev–Trinajstić information content (AvgIpc) is 2.66. The van der Waals surface area contributed by atoms with Crippen molar-refractivity contribution in [2.75, 3.05) is 47.5 Å². The number of rotatable bonds is 7. The lowest BCUT2D eigenvalue weighted by atomic mass is 9.97. The fourth-order valence-electron chi connectivity index (χ4n) is 2.93. The summed E-state index contributed by atoms with van der Waals surface area (Å²) >= 11 is 0. The van der Waals surface area contributed by atoms with E-state index < -0.39 is 0 Å². The number of benzene rings is 1. The molecule has 1 heterocycles. The van der Waals surface area contributed by atoms with E-state index in [1.54, 1.807) is 31.0 Å². The minimum absolute atomic E-state index is 0.00155. The zero-order valence-electron chi connectivity index (χ0n) is 15.9. The Kier molecular flexibility index (Phi) is 7.72. The van der Waals surface area contributed by atoms with E-state index in [1.165, 1.54) is 0 Å². The van der Waals surface area contributed by atoms with Crippen LogP contribution in [-0.4, -0.2) is 69.2 Å². The van der Waals surface area contributed by atoms with Crippen LogP contribution in [0.2, 0.25) is 0 Å². The van der Waals surface area contributed by atoms with Gasteiger partial charge in [0, 0.05) is 40.8 Å². The van der Waals surface area contributed by atoms with E-state index in [1.807, 2.05) is 24.3 Å². The van der Waals surface area contributed by atoms with Gasteiger partial charge in [-0.2, -0.15) is 0 Å². The first-order valence-corrected chi connectivity index (χ1v) is 8.96. The van der Waals surface area contributed by atoms with Gasteiger partial charge in [-0.05, 0) is 30.5 Å². The predicted molar refractivity (Wildman–Crippen MR) is 99.0 cm³/mol. The molecule has 26 heavy (non-hydrogen) atoms. The van der Waals surface area contributed by atoms with Crippen molar-refractivity contribution in [2.24, 2.45) is 5.92 Å². The van der Waals surface area contributed by atoms with Crippen LogP contribution in [-0.2, 0) is 16.1 Å². The van der Waals surface area contributed by atoms with Crippen LogP contribution < -0.4 is 10.1 Å². The van der Waals surface area contributed by atoms with Crippen LogP contribution in [0.5, 0.6) is 5.75 Å². The van der Waals surface area contributed by atoms with Crippen molar-refractivity contribution < 1.29 is 19.1 Å². The van der Waals surface area contributed by atoms with Gasteiger partial charge in [0.15, 0.2) is 0 Å². The highest BCUT2D eigenvalue weighted by Gasteiger charge is 2.28. The first-order chi connectivity index (χ1) is 12.5.